The number of amides is 1. The molecule has 1 amide bonds. The van der Waals surface area contributed by atoms with Crippen molar-refractivity contribution in [2.24, 2.45) is 0 Å². The van der Waals surface area contributed by atoms with Crippen LogP contribution in [-0.4, -0.2) is 41.0 Å². The molecule has 4 rings (SSSR count). The zero-order valence-corrected chi connectivity index (χ0v) is 15.4. The Morgan fingerprint density at radius 2 is 1.82 bits per heavy atom. The van der Waals surface area contributed by atoms with Crippen molar-refractivity contribution in [3.8, 4) is 17.2 Å². The molecule has 0 bridgehead atoms. The smallest absolute Gasteiger partial charge is 0.229 e. The number of aromatic nitrogens is 3. The Morgan fingerprint density at radius 3 is 2.61 bits per heavy atom. The molecular formula is C20H20N4O4. The number of benzene rings is 2. The molecule has 144 valence electrons. The zero-order valence-electron chi connectivity index (χ0n) is 15.4. The Balaban J connectivity index is 1.34. The highest BCUT2D eigenvalue weighted by molar-refractivity contribution is 5.91. The first-order chi connectivity index (χ1) is 13.7. The number of hydrogen-bond acceptors (Lipinski definition) is 6. The van der Waals surface area contributed by atoms with E-state index in [0.29, 0.717) is 37.1 Å². The number of methoxy groups -OCH3 is 1. The van der Waals surface area contributed by atoms with Gasteiger partial charge in [-0.05, 0) is 29.8 Å². The van der Waals surface area contributed by atoms with Crippen molar-refractivity contribution in [3.63, 3.8) is 0 Å². The Hall–Kier alpha value is -3.55. The molecule has 3 aromatic rings. The molecular weight excluding hydrogens is 360 g/mol. The third-order valence-corrected chi connectivity index (χ3v) is 4.44. The maximum Gasteiger partial charge on any atom is 0.229 e. The molecule has 0 saturated carbocycles. The molecule has 1 unspecified atom stereocenters. The molecule has 0 spiro atoms. The number of fused-ring (bicyclic) bond motifs is 1. The minimum atomic E-state index is -0.172. The van der Waals surface area contributed by atoms with Gasteiger partial charge in [-0.2, -0.15) is 10.1 Å². The molecule has 0 aliphatic carbocycles. The van der Waals surface area contributed by atoms with E-state index in [1.165, 1.54) is 6.33 Å². The normalized spacial score (nSPS) is 15.5. The molecule has 1 aromatic heterocycles. The second-order valence-electron chi connectivity index (χ2n) is 6.21. The third kappa shape index (κ3) is 3.75. The highest BCUT2D eigenvalue weighted by Crippen LogP contribution is 2.29. The van der Waals surface area contributed by atoms with E-state index in [0.717, 1.165) is 11.3 Å². The van der Waals surface area contributed by atoms with Gasteiger partial charge in [0, 0.05) is 0 Å². The van der Waals surface area contributed by atoms with Gasteiger partial charge in [0.1, 0.15) is 25.3 Å². The summed E-state index contributed by atoms with van der Waals surface area (Å²) in [5.74, 6) is 2.50. The molecule has 0 saturated heterocycles. The number of anilines is 1. The lowest BCUT2D eigenvalue weighted by Gasteiger charge is -2.23. The summed E-state index contributed by atoms with van der Waals surface area (Å²) in [5, 5.41) is 6.92. The van der Waals surface area contributed by atoms with Crippen LogP contribution in [0.15, 0.2) is 54.9 Å². The van der Waals surface area contributed by atoms with Crippen LogP contribution >= 0.6 is 0 Å². The molecule has 2 aromatic carbocycles. The molecule has 2 heterocycles. The summed E-state index contributed by atoms with van der Waals surface area (Å²) in [4.78, 5) is 15.9. The minimum absolute atomic E-state index is 0.0701. The Labute approximate surface area is 162 Å². The van der Waals surface area contributed by atoms with E-state index in [2.05, 4.69) is 15.4 Å². The predicted octanol–water partition coefficient (Wildman–Crippen LogP) is 2.68. The Kier molecular flexibility index (Phi) is 5.09. The lowest BCUT2D eigenvalue weighted by Crippen LogP contribution is -2.29. The fourth-order valence-corrected chi connectivity index (χ4v) is 3.10. The third-order valence-electron chi connectivity index (χ3n) is 4.44. The van der Waals surface area contributed by atoms with Crippen molar-refractivity contribution in [3.05, 3.63) is 60.4 Å². The minimum Gasteiger partial charge on any atom is -0.493 e. The first-order valence-electron chi connectivity index (χ1n) is 8.92. The fourth-order valence-electron chi connectivity index (χ4n) is 3.10. The van der Waals surface area contributed by atoms with Gasteiger partial charge in [0.15, 0.2) is 11.5 Å². The van der Waals surface area contributed by atoms with Crippen molar-refractivity contribution >= 4 is 11.9 Å². The Morgan fingerprint density at radius 1 is 1.07 bits per heavy atom. The lowest BCUT2D eigenvalue weighted by molar-refractivity contribution is -0.117. The van der Waals surface area contributed by atoms with Crippen LogP contribution in [0.4, 0.5) is 5.95 Å². The van der Waals surface area contributed by atoms with Crippen LogP contribution < -0.4 is 19.5 Å². The van der Waals surface area contributed by atoms with Crippen molar-refractivity contribution in [2.45, 2.75) is 12.5 Å². The van der Waals surface area contributed by atoms with Crippen molar-refractivity contribution in [2.75, 3.05) is 25.6 Å². The summed E-state index contributed by atoms with van der Waals surface area (Å²) in [5.41, 5.74) is 0.972. The first-order valence-corrected chi connectivity index (χ1v) is 8.92. The van der Waals surface area contributed by atoms with Crippen LogP contribution in [0.5, 0.6) is 17.2 Å². The van der Waals surface area contributed by atoms with Gasteiger partial charge >= 0.3 is 0 Å². The summed E-state index contributed by atoms with van der Waals surface area (Å²) in [6.07, 6.45) is 1.76. The van der Waals surface area contributed by atoms with Gasteiger partial charge in [-0.15, -0.1) is 0 Å². The number of para-hydroxylation sites is 2. The summed E-state index contributed by atoms with van der Waals surface area (Å²) in [6, 6.07) is 14.9. The summed E-state index contributed by atoms with van der Waals surface area (Å²) in [6.45, 7) is 0.795. The largest absolute Gasteiger partial charge is 0.493 e. The second kappa shape index (κ2) is 7.99. The summed E-state index contributed by atoms with van der Waals surface area (Å²) >= 11 is 0. The van der Waals surface area contributed by atoms with Crippen LogP contribution in [0.1, 0.15) is 18.0 Å². The SMILES string of the molecule is COc1ccccc1OCCOc1ccc(C2CC(=O)Nc3ncnn32)cc1. The second-order valence-corrected chi connectivity index (χ2v) is 6.21. The van der Waals surface area contributed by atoms with Gasteiger partial charge < -0.3 is 14.2 Å². The van der Waals surface area contributed by atoms with E-state index in [1.54, 1.807) is 11.8 Å². The molecule has 1 aliphatic rings. The van der Waals surface area contributed by atoms with Gasteiger partial charge in [0.05, 0.1) is 19.6 Å². The number of rotatable bonds is 7. The van der Waals surface area contributed by atoms with E-state index in [1.807, 2.05) is 48.5 Å². The maximum atomic E-state index is 11.9. The van der Waals surface area contributed by atoms with Gasteiger partial charge in [0.2, 0.25) is 11.9 Å². The van der Waals surface area contributed by atoms with Crippen LogP contribution in [0, 0.1) is 0 Å². The fraction of sp³-hybridized carbons (Fsp3) is 0.250. The number of carbonyl (C=O) groups is 1. The van der Waals surface area contributed by atoms with Gasteiger partial charge in [-0.3, -0.25) is 10.1 Å². The summed E-state index contributed by atoms with van der Waals surface area (Å²) in [7, 11) is 1.61. The molecule has 1 aliphatic heterocycles. The van der Waals surface area contributed by atoms with Crippen molar-refractivity contribution in [1.29, 1.82) is 0 Å². The standard InChI is InChI=1S/C20H20N4O4/c1-26-17-4-2-3-5-18(17)28-11-10-27-15-8-6-14(7-9-15)16-12-19(25)23-20-21-13-22-24(16)20/h2-9,13,16H,10-12H2,1H3,(H,21,22,23,25). The molecule has 0 fully saturated rings. The van der Waals surface area contributed by atoms with Crippen LogP contribution in [0.3, 0.4) is 0 Å². The molecule has 1 N–H and O–H groups in total. The quantitative estimate of drug-likeness (QED) is 0.634. The number of nitrogens with one attached hydrogen (secondary N) is 1. The molecule has 8 heteroatoms. The number of carbonyl (C=O) groups excluding carboxylic acids is 1. The zero-order chi connectivity index (χ0) is 19.3. The van der Waals surface area contributed by atoms with E-state index in [-0.39, 0.29) is 11.9 Å². The van der Waals surface area contributed by atoms with Gasteiger partial charge in [0.25, 0.3) is 0 Å². The van der Waals surface area contributed by atoms with E-state index >= 15 is 0 Å². The highest BCUT2D eigenvalue weighted by Gasteiger charge is 2.27. The van der Waals surface area contributed by atoms with Crippen molar-refractivity contribution in [1.82, 2.24) is 14.8 Å². The highest BCUT2D eigenvalue weighted by atomic mass is 16.5. The average Bonchev–Trinajstić information content (AvgIpc) is 3.20. The number of nitrogens with zero attached hydrogens (tertiary/aromatic N) is 3. The Bertz CT molecular complexity index is 955. The number of ether oxygens (including phenoxy) is 3. The van der Waals surface area contributed by atoms with E-state index in [9.17, 15) is 4.79 Å². The monoisotopic (exact) mass is 380 g/mol. The van der Waals surface area contributed by atoms with Crippen LogP contribution in [-0.2, 0) is 4.79 Å². The van der Waals surface area contributed by atoms with Crippen molar-refractivity contribution < 1.29 is 19.0 Å². The number of hydrogen-bond donors (Lipinski definition) is 1. The van der Waals surface area contributed by atoms with Crippen LogP contribution in [0.25, 0.3) is 0 Å². The topological polar surface area (TPSA) is 87.5 Å². The summed E-state index contributed by atoms with van der Waals surface area (Å²) < 4.78 is 18.4. The van der Waals surface area contributed by atoms with Gasteiger partial charge in [-0.1, -0.05) is 24.3 Å². The molecule has 1 atom stereocenters. The molecule has 8 nitrogen and oxygen atoms in total. The first kappa shape index (κ1) is 17.8. The van der Waals surface area contributed by atoms with Gasteiger partial charge in [-0.25, -0.2) is 4.68 Å². The lowest BCUT2D eigenvalue weighted by atomic mass is 10.0. The molecule has 28 heavy (non-hydrogen) atoms. The van der Waals surface area contributed by atoms with Crippen LogP contribution in [0.2, 0.25) is 0 Å². The van der Waals surface area contributed by atoms with E-state index in [4.69, 9.17) is 14.2 Å². The predicted molar refractivity (Wildman–Crippen MR) is 102 cm³/mol. The average molecular weight is 380 g/mol. The maximum absolute atomic E-state index is 11.9. The van der Waals surface area contributed by atoms with E-state index < -0.39 is 0 Å². The molecule has 0 radical (unpaired) electrons.